The zero-order valence-corrected chi connectivity index (χ0v) is 13.8. The zero-order chi connectivity index (χ0) is 15.9. The summed E-state index contributed by atoms with van der Waals surface area (Å²) in [7, 11) is 0. The Balaban J connectivity index is 1.85. The van der Waals surface area contributed by atoms with E-state index < -0.39 is 0 Å². The summed E-state index contributed by atoms with van der Waals surface area (Å²) in [6.45, 7) is 2.10. The van der Waals surface area contributed by atoms with Gasteiger partial charge in [0.05, 0.1) is 6.42 Å². The molecule has 2 aromatic rings. The molecule has 0 radical (unpaired) electrons. The van der Waals surface area contributed by atoms with E-state index in [1.54, 1.807) is 12.1 Å². The van der Waals surface area contributed by atoms with E-state index in [1.165, 1.54) is 5.56 Å². The number of hydrogen-bond donors (Lipinski definition) is 2. The fourth-order valence-electron chi connectivity index (χ4n) is 1.94. The van der Waals surface area contributed by atoms with Gasteiger partial charge in [-0.15, -0.1) is 0 Å². The van der Waals surface area contributed by atoms with Crippen LogP contribution >= 0.6 is 23.8 Å². The minimum absolute atomic E-state index is 0.162. The molecule has 22 heavy (non-hydrogen) atoms. The molecule has 2 N–H and O–H groups in total. The normalized spacial score (nSPS) is 10.1. The SMILES string of the molecule is CCc1ccc(NC(=S)NC(=O)Cc2ccc(Cl)cc2)cc1. The van der Waals surface area contributed by atoms with Crippen LogP contribution in [0.4, 0.5) is 5.69 Å². The van der Waals surface area contributed by atoms with Crippen molar-refractivity contribution in [2.24, 2.45) is 0 Å². The van der Waals surface area contributed by atoms with Crippen LogP contribution in [0.25, 0.3) is 0 Å². The molecule has 2 rings (SSSR count). The van der Waals surface area contributed by atoms with E-state index in [9.17, 15) is 4.79 Å². The summed E-state index contributed by atoms with van der Waals surface area (Å²) in [5.41, 5.74) is 2.99. The third-order valence-electron chi connectivity index (χ3n) is 3.15. The monoisotopic (exact) mass is 332 g/mol. The van der Waals surface area contributed by atoms with Crippen LogP contribution in [-0.4, -0.2) is 11.0 Å². The molecule has 3 nitrogen and oxygen atoms in total. The van der Waals surface area contributed by atoms with Crippen molar-refractivity contribution >= 4 is 40.5 Å². The number of hydrogen-bond acceptors (Lipinski definition) is 2. The largest absolute Gasteiger partial charge is 0.332 e. The number of nitrogens with one attached hydrogen (secondary N) is 2. The van der Waals surface area contributed by atoms with Crippen LogP contribution in [0.15, 0.2) is 48.5 Å². The van der Waals surface area contributed by atoms with Crippen LogP contribution in [0.1, 0.15) is 18.1 Å². The van der Waals surface area contributed by atoms with Gasteiger partial charge in [0.1, 0.15) is 0 Å². The first-order valence-electron chi connectivity index (χ1n) is 7.01. The maximum atomic E-state index is 11.9. The Morgan fingerprint density at radius 3 is 2.23 bits per heavy atom. The van der Waals surface area contributed by atoms with Gasteiger partial charge in [-0.25, -0.2) is 0 Å². The van der Waals surface area contributed by atoms with Crippen molar-refractivity contribution in [3.8, 4) is 0 Å². The van der Waals surface area contributed by atoms with Gasteiger partial charge >= 0.3 is 0 Å². The molecule has 0 atom stereocenters. The lowest BCUT2D eigenvalue weighted by molar-refractivity contribution is -0.119. The van der Waals surface area contributed by atoms with Crippen molar-refractivity contribution in [1.29, 1.82) is 0 Å². The second-order valence-electron chi connectivity index (χ2n) is 4.86. The van der Waals surface area contributed by atoms with E-state index in [0.29, 0.717) is 10.1 Å². The number of halogens is 1. The quantitative estimate of drug-likeness (QED) is 0.833. The summed E-state index contributed by atoms with van der Waals surface area (Å²) < 4.78 is 0. The topological polar surface area (TPSA) is 41.1 Å². The van der Waals surface area contributed by atoms with E-state index in [0.717, 1.165) is 17.7 Å². The van der Waals surface area contributed by atoms with Gasteiger partial charge in [-0.3, -0.25) is 4.79 Å². The Kier molecular flexibility index (Phi) is 5.92. The predicted molar refractivity (Wildman–Crippen MR) is 95.3 cm³/mol. The molecule has 0 aromatic heterocycles. The Labute approximate surface area is 140 Å². The molecule has 2 aromatic carbocycles. The number of aryl methyl sites for hydroxylation is 1. The van der Waals surface area contributed by atoms with Gasteiger partial charge in [-0.1, -0.05) is 42.8 Å². The first-order chi connectivity index (χ1) is 10.6. The van der Waals surface area contributed by atoms with E-state index in [2.05, 4.69) is 17.6 Å². The van der Waals surface area contributed by atoms with Crippen molar-refractivity contribution in [3.05, 3.63) is 64.7 Å². The molecule has 0 saturated carbocycles. The van der Waals surface area contributed by atoms with Gasteiger partial charge in [0.25, 0.3) is 0 Å². The summed E-state index contributed by atoms with van der Waals surface area (Å²) in [6.07, 6.45) is 1.25. The highest BCUT2D eigenvalue weighted by atomic mass is 35.5. The molecular formula is C17H17ClN2OS. The second kappa shape index (κ2) is 7.92. The predicted octanol–water partition coefficient (Wildman–Crippen LogP) is 3.96. The van der Waals surface area contributed by atoms with Crippen LogP contribution in [-0.2, 0) is 17.6 Å². The van der Waals surface area contributed by atoms with E-state index >= 15 is 0 Å². The molecule has 0 aliphatic rings. The average Bonchev–Trinajstić information content (AvgIpc) is 2.50. The highest BCUT2D eigenvalue weighted by Gasteiger charge is 2.06. The van der Waals surface area contributed by atoms with Crippen molar-refractivity contribution in [3.63, 3.8) is 0 Å². The number of benzene rings is 2. The third-order valence-corrected chi connectivity index (χ3v) is 3.61. The molecule has 0 heterocycles. The number of amides is 1. The zero-order valence-electron chi connectivity index (χ0n) is 12.2. The minimum Gasteiger partial charge on any atom is -0.332 e. The molecule has 0 spiro atoms. The molecular weight excluding hydrogens is 316 g/mol. The fraction of sp³-hybridized carbons (Fsp3) is 0.176. The highest BCUT2D eigenvalue weighted by Crippen LogP contribution is 2.11. The van der Waals surface area contributed by atoms with Crippen LogP contribution in [0.5, 0.6) is 0 Å². The van der Waals surface area contributed by atoms with Crippen molar-refractivity contribution in [2.75, 3.05) is 5.32 Å². The molecule has 0 aliphatic heterocycles. The van der Waals surface area contributed by atoms with E-state index in [-0.39, 0.29) is 12.3 Å². The Morgan fingerprint density at radius 1 is 1.05 bits per heavy atom. The van der Waals surface area contributed by atoms with Crippen molar-refractivity contribution < 1.29 is 4.79 Å². The summed E-state index contributed by atoms with van der Waals surface area (Å²) in [4.78, 5) is 11.9. The molecule has 0 bridgehead atoms. The Morgan fingerprint density at radius 2 is 1.64 bits per heavy atom. The lowest BCUT2D eigenvalue weighted by atomic mass is 10.1. The fourth-order valence-corrected chi connectivity index (χ4v) is 2.30. The molecule has 0 aliphatic carbocycles. The summed E-state index contributed by atoms with van der Waals surface area (Å²) >= 11 is 11.0. The molecule has 5 heteroatoms. The Hall–Kier alpha value is -1.91. The second-order valence-corrected chi connectivity index (χ2v) is 5.70. The summed E-state index contributed by atoms with van der Waals surface area (Å²) in [5, 5.41) is 6.61. The third kappa shape index (κ3) is 5.13. The number of rotatable bonds is 4. The lowest BCUT2D eigenvalue weighted by Crippen LogP contribution is -2.35. The number of thiocarbonyl (C=S) groups is 1. The van der Waals surface area contributed by atoms with Crippen LogP contribution in [0, 0.1) is 0 Å². The number of carbonyl (C=O) groups excluding carboxylic acids is 1. The maximum absolute atomic E-state index is 11.9. The minimum atomic E-state index is -0.162. The standard InChI is InChI=1S/C17H17ClN2OS/c1-2-12-5-9-15(10-6-12)19-17(22)20-16(21)11-13-3-7-14(18)8-4-13/h3-10H,2,11H2,1H3,(H2,19,20,21,22). The van der Waals surface area contributed by atoms with Crippen LogP contribution in [0.2, 0.25) is 5.02 Å². The summed E-state index contributed by atoms with van der Waals surface area (Å²) in [6, 6.07) is 15.1. The average molecular weight is 333 g/mol. The highest BCUT2D eigenvalue weighted by molar-refractivity contribution is 7.80. The van der Waals surface area contributed by atoms with E-state index in [1.807, 2.05) is 36.4 Å². The summed E-state index contributed by atoms with van der Waals surface area (Å²) in [5.74, 6) is -0.162. The van der Waals surface area contributed by atoms with Gasteiger partial charge in [-0.2, -0.15) is 0 Å². The first-order valence-corrected chi connectivity index (χ1v) is 7.79. The Bertz CT molecular complexity index is 653. The van der Waals surface area contributed by atoms with Crippen molar-refractivity contribution in [1.82, 2.24) is 5.32 Å². The van der Waals surface area contributed by atoms with Gasteiger partial charge < -0.3 is 10.6 Å². The first kappa shape index (κ1) is 16.5. The van der Waals surface area contributed by atoms with E-state index in [4.69, 9.17) is 23.8 Å². The molecule has 1 amide bonds. The maximum Gasteiger partial charge on any atom is 0.230 e. The molecule has 0 unspecified atom stereocenters. The molecule has 114 valence electrons. The molecule has 0 fully saturated rings. The van der Waals surface area contributed by atoms with Gasteiger partial charge in [0.15, 0.2) is 5.11 Å². The van der Waals surface area contributed by atoms with Crippen LogP contribution < -0.4 is 10.6 Å². The van der Waals surface area contributed by atoms with Crippen molar-refractivity contribution in [2.45, 2.75) is 19.8 Å². The lowest BCUT2D eigenvalue weighted by Gasteiger charge is -2.10. The number of carbonyl (C=O) groups is 1. The van der Waals surface area contributed by atoms with Crippen LogP contribution in [0.3, 0.4) is 0 Å². The van der Waals surface area contributed by atoms with Gasteiger partial charge in [0, 0.05) is 10.7 Å². The molecule has 0 saturated heterocycles. The van der Waals surface area contributed by atoms with Gasteiger partial charge in [-0.05, 0) is 54.0 Å². The number of anilines is 1. The van der Waals surface area contributed by atoms with Gasteiger partial charge in [0.2, 0.25) is 5.91 Å². The smallest absolute Gasteiger partial charge is 0.230 e.